The molecule has 0 aromatic carbocycles. The monoisotopic (exact) mass is 503 g/mol. The Hall–Kier alpha value is -0.850. The first-order chi connectivity index (χ1) is 17.8. The Labute approximate surface area is 228 Å². The first-order valence-corrected chi connectivity index (χ1v) is 16.6. The molecule has 0 N–H and O–H groups in total. The smallest absolute Gasteiger partial charge is 0.132 e. The topological polar surface area (TPSA) is 17.1 Å². The predicted molar refractivity (Wildman–Crippen MR) is 164 cm³/mol. The largest absolute Gasteiger partial charge is 0.300 e. The molecule has 0 rings (SSSR count). The Bertz CT molecular complexity index is 433. The summed E-state index contributed by atoms with van der Waals surface area (Å²) in [6.45, 7) is 4.56. The fourth-order valence-corrected chi connectivity index (χ4v) is 4.91. The lowest BCUT2D eigenvalue weighted by Gasteiger charge is -2.03. The maximum absolute atomic E-state index is 12.1. The van der Waals surface area contributed by atoms with Crippen LogP contribution < -0.4 is 0 Å². The molecule has 212 valence electrons. The first kappa shape index (κ1) is 35.2. The Balaban J connectivity index is 3.24. The second-order valence-corrected chi connectivity index (χ2v) is 11.2. The van der Waals surface area contributed by atoms with Crippen LogP contribution in [0.25, 0.3) is 0 Å². The quantitative estimate of drug-likeness (QED) is 0.0704. The standard InChI is InChI=1S/C35H66O/c1-3-5-7-9-11-13-15-17-19-21-23-25-27-29-31-33-35(36)34-32-30-28-26-24-22-20-18-16-14-12-10-8-6-4-2/h17-20H,3-16,21-34H2,1-2H3/b19-17+,20-18?. The van der Waals surface area contributed by atoms with Crippen LogP contribution in [0.15, 0.2) is 24.3 Å². The molecule has 0 unspecified atom stereocenters. The molecule has 0 aliphatic carbocycles. The van der Waals surface area contributed by atoms with Crippen LogP contribution in [0.1, 0.15) is 194 Å². The van der Waals surface area contributed by atoms with Crippen LogP contribution in [0, 0.1) is 0 Å². The van der Waals surface area contributed by atoms with Gasteiger partial charge in [0.25, 0.3) is 0 Å². The molecule has 0 atom stereocenters. The van der Waals surface area contributed by atoms with Crippen LogP contribution in [-0.4, -0.2) is 5.78 Å². The maximum atomic E-state index is 12.1. The van der Waals surface area contributed by atoms with E-state index in [1.165, 1.54) is 154 Å². The zero-order valence-electron chi connectivity index (χ0n) is 25.0. The van der Waals surface area contributed by atoms with Gasteiger partial charge in [-0.2, -0.15) is 0 Å². The van der Waals surface area contributed by atoms with Crippen molar-refractivity contribution in [1.82, 2.24) is 0 Å². The van der Waals surface area contributed by atoms with Crippen molar-refractivity contribution in [3.05, 3.63) is 24.3 Å². The van der Waals surface area contributed by atoms with Crippen molar-refractivity contribution in [2.75, 3.05) is 0 Å². The number of Topliss-reactive ketones (excluding diaryl/α,β-unsaturated/α-hetero) is 1. The van der Waals surface area contributed by atoms with E-state index in [-0.39, 0.29) is 0 Å². The highest BCUT2D eigenvalue weighted by Crippen LogP contribution is 2.13. The number of carbonyl (C=O) groups excluding carboxylic acids is 1. The van der Waals surface area contributed by atoms with E-state index in [2.05, 4.69) is 38.2 Å². The van der Waals surface area contributed by atoms with Crippen molar-refractivity contribution >= 4 is 5.78 Å². The summed E-state index contributed by atoms with van der Waals surface area (Å²) in [7, 11) is 0. The lowest BCUT2D eigenvalue weighted by atomic mass is 10.0. The SMILES string of the molecule is CCCCCCCCC=CCCCCCCCC(=O)CCCCCCC/C=C/CCCCCCCC. The van der Waals surface area contributed by atoms with E-state index in [0.717, 1.165) is 25.7 Å². The molecule has 1 heteroatoms. The molecule has 0 heterocycles. The van der Waals surface area contributed by atoms with Gasteiger partial charge in [-0.25, -0.2) is 0 Å². The highest BCUT2D eigenvalue weighted by atomic mass is 16.1. The van der Waals surface area contributed by atoms with E-state index >= 15 is 0 Å². The van der Waals surface area contributed by atoms with Crippen molar-refractivity contribution in [3.8, 4) is 0 Å². The second kappa shape index (κ2) is 32.2. The van der Waals surface area contributed by atoms with Crippen LogP contribution in [0.3, 0.4) is 0 Å². The van der Waals surface area contributed by atoms with Crippen molar-refractivity contribution in [1.29, 1.82) is 0 Å². The van der Waals surface area contributed by atoms with E-state index in [1.54, 1.807) is 0 Å². The van der Waals surface area contributed by atoms with Crippen molar-refractivity contribution in [3.63, 3.8) is 0 Å². The molecule has 1 nitrogen and oxygen atoms in total. The van der Waals surface area contributed by atoms with E-state index in [9.17, 15) is 4.79 Å². The van der Waals surface area contributed by atoms with Crippen LogP contribution in [-0.2, 0) is 4.79 Å². The summed E-state index contributed by atoms with van der Waals surface area (Å²) in [6.07, 6.45) is 45.5. The van der Waals surface area contributed by atoms with Gasteiger partial charge in [0.1, 0.15) is 5.78 Å². The number of allylic oxidation sites excluding steroid dienone is 4. The van der Waals surface area contributed by atoms with Crippen molar-refractivity contribution < 1.29 is 4.79 Å². The maximum Gasteiger partial charge on any atom is 0.132 e. The van der Waals surface area contributed by atoms with E-state index in [4.69, 9.17) is 0 Å². The third-order valence-corrected chi connectivity index (χ3v) is 7.43. The van der Waals surface area contributed by atoms with Gasteiger partial charge in [-0.3, -0.25) is 4.79 Å². The number of rotatable bonds is 30. The first-order valence-electron chi connectivity index (χ1n) is 16.6. The number of hydrogen-bond donors (Lipinski definition) is 0. The molecule has 0 aromatic rings. The average molecular weight is 503 g/mol. The molecular weight excluding hydrogens is 436 g/mol. The summed E-state index contributed by atoms with van der Waals surface area (Å²) in [5.74, 6) is 0.505. The lowest BCUT2D eigenvalue weighted by molar-refractivity contribution is -0.119. The molecule has 0 aromatic heterocycles. The highest BCUT2D eigenvalue weighted by Gasteiger charge is 2.02. The fourth-order valence-electron chi connectivity index (χ4n) is 4.91. The average Bonchev–Trinajstić information content (AvgIpc) is 2.88. The Morgan fingerprint density at radius 2 is 0.611 bits per heavy atom. The van der Waals surface area contributed by atoms with Crippen molar-refractivity contribution in [2.24, 2.45) is 0 Å². The van der Waals surface area contributed by atoms with Crippen LogP contribution in [0.2, 0.25) is 0 Å². The Morgan fingerprint density at radius 3 is 0.917 bits per heavy atom. The zero-order chi connectivity index (χ0) is 26.2. The minimum Gasteiger partial charge on any atom is -0.300 e. The lowest BCUT2D eigenvalue weighted by Crippen LogP contribution is -1.97. The summed E-state index contributed by atoms with van der Waals surface area (Å²) in [4.78, 5) is 12.1. The summed E-state index contributed by atoms with van der Waals surface area (Å²) in [5, 5.41) is 0. The number of carbonyl (C=O) groups is 1. The summed E-state index contributed by atoms with van der Waals surface area (Å²) in [6, 6.07) is 0. The minimum absolute atomic E-state index is 0.505. The Kier molecular flexibility index (Phi) is 31.4. The molecule has 0 saturated heterocycles. The minimum atomic E-state index is 0.505. The summed E-state index contributed by atoms with van der Waals surface area (Å²) >= 11 is 0. The van der Waals surface area contributed by atoms with Gasteiger partial charge in [0.2, 0.25) is 0 Å². The van der Waals surface area contributed by atoms with E-state index in [1.807, 2.05) is 0 Å². The molecule has 36 heavy (non-hydrogen) atoms. The number of hydrogen-bond acceptors (Lipinski definition) is 1. The van der Waals surface area contributed by atoms with Gasteiger partial charge in [-0.1, -0.05) is 141 Å². The van der Waals surface area contributed by atoms with Gasteiger partial charge in [-0.05, 0) is 64.2 Å². The van der Waals surface area contributed by atoms with E-state index < -0.39 is 0 Å². The zero-order valence-corrected chi connectivity index (χ0v) is 25.0. The van der Waals surface area contributed by atoms with Gasteiger partial charge >= 0.3 is 0 Å². The van der Waals surface area contributed by atoms with Gasteiger partial charge in [0.15, 0.2) is 0 Å². The normalized spacial score (nSPS) is 11.8. The fraction of sp³-hybridized carbons (Fsp3) is 0.857. The van der Waals surface area contributed by atoms with Crippen LogP contribution in [0.5, 0.6) is 0 Å². The Morgan fingerprint density at radius 1 is 0.361 bits per heavy atom. The summed E-state index contributed by atoms with van der Waals surface area (Å²) in [5.41, 5.74) is 0. The molecule has 0 bridgehead atoms. The highest BCUT2D eigenvalue weighted by molar-refractivity contribution is 5.78. The molecule has 0 radical (unpaired) electrons. The second-order valence-electron chi connectivity index (χ2n) is 11.2. The van der Waals surface area contributed by atoms with Gasteiger partial charge in [0.05, 0.1) is 0 Å². The predicted octanol–water partition coefficient (Wildman–Crippen LogP) is 12.6. The van der Waals surface area contributed by atoms with Crippen molar-refractivity contribution in [2.45, 2.75) is 194 Å². The molecule has 0 fully saturated rings. The number of unbranched alkanes of at least 4 members (excludes halogenated alkanes) is 22. The van der Waals surface area contributed by atoms with Gasteiger partial charge in [0, 0.05) is 12.8 Å². The third kappa shape index (κ3) is 31.2. The molecule has 0 amide bonds. The van der Waals surface area contributed by atoms with Gasteiger partial charge in [-0.15, -0.1) is 0 Å². The van der Waals surface area contributed by atoms with Crippen LogP contribution in [0.4, 0.5) is 0 Å². The molecule has 0 saturated carbocycles. The molecule has 0 spiro atoms. The van der Waals surface area contributed by atoms with Gasteiger partial charge < -0.3 is 0 Å². The summed E-state index contributed by atoms with van der Waals surface area (Å²) < 4.78 is 0. The third-order valence-electron chi connectivity index (χ3n) is 7.43. The molecule has 0 aliphatic heterocycles. The van der Waals surface area contributed by atoms with Crippen LogP contribution >= 0.6 is 0 Å². The van der Waals surface area contributed by atoms with E-state index in [0.29, 0.717) is 5.78 Å². The number of ketones is 1. The molecule has 0 aliphatic rings. The molecular formula is C35H66O.